The predicted octanol–water partition coefficient (Wildman–Crippen LogP) is 4.17. The Kier molecular flexibility index (Phi) is 3.83. The standard InChI is InChI=1S/C21H23N3O/c1-14-12-16-15(2)8-9-22-20(16)17(13-14)21(25)24-11-5-7-19(24)18-6-4-10-23(18)3/h4,6,8-10,12-13,19H,5,7,11H2,1-3H3. The quantitative estimate of drug-likeness (QED) is 0.706. The van der Waals surface area contributed by atoms with Crippen LogP contribution in [0, 0.1) is 13.8 Å². The van der Waals surface area contributed by atoms with E-state index in [4.69, 9.17) is 0 Å². The van der Waals surface area contributed by atoms with Crippen LogP contribution in [0.15, 0.2) is 42.7 Å². The van der Waals surface area contributed by atoms with E-state index in [-0.39, 0.29) is 11.9 Å². The topological polar surface area (TPSA) is 38.1 Å². The summed E-state index contributed by atoms with van der Waals surface area (Å²) in [5.41, 5.74) is 4.99. The summed E-state index contributed by atoms with van der Waals surface area (Å²) in [6.45, 7) is 4.91. The highest BCUT2D eigenvalue weighted by atomic mass is 16.2. The molecule has 0 saturated carbocycles. The van der Waals surface area contributed by atoms with Gasteiger partial charge in [-0.1, -0.05) is 0 Å². The molecule has 1 amide bonds. The molecule has 4 rings (SSSR count). The van der Waals surface area contributed by atoms with Crippen molar-refractivity contribution in [3.05, 3.63) is 65.1 Å². The fraction of sp³-hybridized carbons (Fsp3) is 0.333. The number of pyridine rings is 1. The SMILES string of the molecule is Cc1cc(C(=O)N2CCCC2c2cccn2C)c2nccc(C)c2c1. The van der Waals surface area contributed by atoms with E-state index < -0.39 is 0 Å². The van der Waals surface area contributed by atoms with Gasteiger partial charge in [0.15, 0.2) is 0 Å². The molecule has 4 heteroatoms. The molecule has 1 atom stereocenters. The van der Waals surface area contributed by atoms with Crippen LogP contribution in [0.5, 0.6) is 0 Å². The maximum atomic E-state index is 13.4. The summed E-state index contributed by atoms with van der Waals surface area (Å²) in [7, 11) is 2.04. The molecule has 1 unspecified atom stereocenters. The number of nitrogens with zero attached hydrogens (tertiary/aromatic N) is 3. The molecule has 0 radical (unpaired) electrons. The Labute approximate surface area is 148 Å². The summed E-state index contributed by atoms with van der Waals surface area (Å²) in [6.07, 6.45) is 5.89. The lowest BCUT2D eigenvalue weighted by Crippen LogP contribution is -2.31. The maximum Gasteiger partial charge on any atom is 0.256 e. The minimum absolute atomic E-state index is 0.0931. The molecule has 25 heavy (non-hydrogen) atoms. The van der Waals surface area contributed by atoms with Crippen LogP contribution in [-0.4, -0.2) is 26.9 Å². The monoisotopic (exact) mass is 333 g/mol. The van der Waals surface area contributed by atoms with Crippen LogP contribution in [-0.2, 0) is 7.05 Å². The number of aryl methyl sites for hydroxylation is 3. The average molecular weight is 333 g/mol. The zero-order valence-corrected chi connectivity index (χ0v) is 15.0. The van der Waals surface area contributed by atoms with Gasteiger partial charge in [0.05, 0.1) is 17.1 Å². The third-order valence-corrected chi connectivity index (χ3v) is 5.28. The van der Waals surface area contributed by atoms with Gasteiger partial charge in [0.25, 0.3) is 5.91 Å². The van der Waals surface area contributed by atoms with Crippen LogP contribution in [0.25, 0.3) is 10.9 Å². The van der Waals surface area contributed by atoms with Gasteiger partial charge in [0, 0.05) is 37.1 Å². The molecule has 4 nitrogen and oxygen atoms in total. The van der Waals surface area contributed by atoms with E-state index in [2.05, 4.69) is 28.6 Å². The first-order valence-corrected chi connectivity index (χ1v) is 8.84. The molecule has 0 N–H and O–H groups in total. The molecular formula is C21H23N3O. The zero-order valence-electron chi connectivity index (χ0n) is 15.0. The van der Waals surface area contributed by atoms with E-state index in [0.29, 0.717) is 0 Å². The van der Waals surface area contributed by atoms with Crippen LogP contribution in [0.1, 0.15) is 46.1 Å². The van der Waals surface area contributed by atoms with Gasteiger partial charge in [-0.25, -0.2) is 0 Å². The molecule has 3 heterocycles. The molecule has 1 aromatic carbocycles. The number of likely N-dealkylation sites (tertiary alicyclic amines) is 1. The molecule has 1 aliphatic rings. The number of carbonyl (C=O) groups is 1. The Morgan fingerprint density at radius 2 is 2.08 bits per heavy atom. The third kappa shape index (κ3) is 2.62. The summed E-state index contributed by atoms with van der Waals surface area (Å²) in [5, 5.41) is 1.07. The van der Waals surface area contributed by atoms with Crippen molar-refractivity contribution < 1.29 is 4.79 Å². The third-order valence-electron chi connectivity index (χ3n) is 5.28. The van der Waals surface area contributed by atoms with Gasteiger partial charge < -0.3 is 9.47 Å². The molecule has 1 aliphatic heterocycles. The molecule has 128 valence electrons. The first kappa shape index (κ1) is 15.9. The summed E-state index contributed by atoms with van der Waals surface area (Å²) in [4.78, 5) is 20.0. The molecule has 1 fully saturated rings. The van der Waals surface area contributed by atoms with Gasteiger partial charge >= 0.3 is 0 Å². The number of rotatable bonds is 2. The van der Waals surface area contributed by atoms with Crippen molar-refractivity contribution >= 4 is 16.8 Å². The summed E-state index contributed by atoms with van der Waals surface area (Å²) in [6, 6.07) is 10.4. The smallest absolute Gasteiger partial charge is 0.256 e. The van der Waals surface area contributed by atoms with Crippen molar-refractivity contribution in [2.24, 2.45) is 7.05 Å². The zero-order chi connectivity index (χ0) is 17.6. The Balaban J connectivity index is 1.80. The second kappa shape index (κ2) is 6.03. The van der Waals surface area contributed by atoms with E-state index in [1.54, 1.807) is 6.20 Å². The van der Waals surface area contributed by atoms with Crippen molar-refractivity contribution in [2.75, 3.05) is 6.54 Å². The van der Waals surface area contributed by atoms with Crippen LogP contribution >= 0.6 is 0 Å². The minimum Gasteiger partial charge on any atom is -0.353 e. The van der Waals surface area contributed by atoms with Gasteiger partial charge in [-0.3, -0.25) is 9.78 Å². The first-order valence-electron chi connectivity index (χ1n) is 8.84. The van der Waals surface area contributed by atoms with Crippen molar-refractivity contribution in [2.45, 2.75) is 32.7 Å². The highest BCUT2D eigenvalue weighted by molar-refractivity contribution is 6.06. The van der Waals surface area contributed by atoms with E-state index in [1.807, 2.05) is 43.3 Å². The van der Waals surface area contributed by atoms with Crippen molar-refractivity contribution in [3.63, 3.8) is 0 Å². The van der Waals surface area contributed by atoms with Crippen LogP contribution in [0.2, 0.25) is 0 Å². The molecule has 0 bridgehead atoms. The van der Waals surface area contributed by atoms with Gasteiger partial charge in [0.1, 0.15) is 0 Å². The Morgan fingerprint density at radius 1 is 1.24 bits per heavy atom. The lowest BCUT2D eigenvalue weighted by Gasteiger charge is -2.26. The molecule has 2 aromatic heterocycles. The van der Waals surface area contributed by atoms with Gasteiger partial charge in [-0.15, -0.1) is 0 Å². The van der Waals surface area contributed by atoms with Crippen molar-refractivity contribution in [1.82, 2.24) is 14.5 Å². The second-order valence-corrected chi connectivity index (χ2v) is 7.04. The molecule has 0 aliphatic carbocycles. The van der Waals surface area contributed by atoms with Gasteiger partial charge in [0.2, 0.25) is 0 Å². The van der Waals surface area contributed by atoms with E-state index in [9.17, 15) is 4.79 Å². The number of aromatic nitrogens is 2. The van der Waals surface area contributed by atoms with E-state index in [0.717, 1.165) is 47.0 Å². The number of hydrogen-bond acceptors (Lipinski definition) is 2. The number of amides is 1. The van der Waals surface area contributed by atoms with Crippen molar-refractivity contribution in [1.29, 1.82) is 0 Å². The number of hydrogen-bond donors (Lipinski definition) is 0. The van der Waals surface area contributed by atoms with Crippen LogP contribution in [0.4, 0.5) is 0 Å². The lowest BCUT2D eigenvalue weighted by atomic mass is 10.0. The minimum atomic E-state index is 0.0931. The van der Waals surface area contributed by atoms with Crippen LogP contribution in [0.3, 0.4) is 0 Å². The second-order valence-electron chi connectivity index (χ2n) is 7.04. The Bertz CT molecular complexity index is 957. The predicted molar refractivity (Wildman–Crippen MR) is 99.6 cm³/mol. The summed E-state index contributed by atoms with van der Waals surface area (Å²) >= 11 is 0. The fourth-order valence-electron chi connectivity index (χ4n) is 3.99. The largest absolute Gasteiger partial charge is 0.353 e. The van der Waals surface area contributed by atoms with Crippen molar-refractivity contribution in [3.8, 4) is 0 Å². The highest BCUT2D eigenvalue weighted by Gasteiger charge is 2.32. The van der Waals surface area contributed by atoms with E-state index in [1.165, 1.54) is 5.69 Å². The lowest BCUT2D eigenvalue weighted by molar-refractivity contribution is 0.0733. The molecule has 1 saturated heterocycles. The Morgan fingerprint density at radius 3 is 2.84 bits per heavy atom. The molecule has 3 aromatic rings. The molecule has 0 spiro atoms. The van der Waals surface area contributed by atoms with E-state index >= 15 is 0 Å². The van der Waals surface area contributed by atoms with Crippen LogP contribution < -0.4 is 0 Å². The van der Waals surface area contributed by atoms with Gasteiger partial charge in [-0.2, -0.15) is 0 Å². The average Bonchev–Trinajstić information content (AvgIpc) is 3.22. The highest BCUT2D eigenvalue weighted by Crippen LogP contribution is 2.34. The normalized spacial score (nSPS) is 17.4. The Hall–Kier alpha value is -2.62. The maximum absolute atomic E-state index is 13.4. The molecular weight excluding hydrogens is 310 g/mol. The summed E-state index contributed by atoms with van der Waals surface area (Å²) in [5.74, 6) is 0.0931. The van der Waals surface area contributed by atoms with Gasteiger partial charge in [-0.05, 0) is 68.1 Å². The number of fused-ring (bicyclic) bond motifs is 1. The first-order chi connectivity index (χ1) is 12.1. The summed E-state index contributed by atoms with van der Waals surface area (Å²) < 4.78 is 2.12. The number of carbonyl (C=O) groups excluding carboxylic acids is 1. The fourth-order valence-corrected chi connectivity index (χ4v) is 3.99. The number of benzene rings is 1.